The minimum atomic E-state index is -0.352. The molecule has 1 saturated carbocycles. The van der Waals surface area contributed by atoms with Crippen LogP contribution in [0.4, 0.5) is 15.9 Å². The Balaban J connectivity index is 1.44. The predicted molar refractivity (Wildman–Crippen MR) is 116 cm³/mol. The summed E-state index contributed by atoms with van der Waals surface area (Å²) in [5, 5.41) is 2.76. The molecule has 0 unspecified atom stereocenters. The van der Waals surface area contributed by atoms with Crippen molar-refractivity contribution < 1.29 is 14.0 Å². The second kappa shape index (κ2) is 8.70. The summed E-state index contributed by atoms with van der Waals surface area (Å²) >= 11 is 0. The summed E-state index contributed by atoms with van der Waals surface area (Å²) in [6, 6.07) is 4.61. The first-order chi connectivity index (χ1) is 14.8. The lowest BCUT2D eigenvalue weighted by molar-refractivity contribution is -0.119. The van der Waals surface area contributed by atoms with Crippen molar-refractivity contribution in [3.63, 3.8) is 0 Å². The largest absolute Gasteiger partial charge is 0.325 e. The zero-order valence-electron chi connectivity index (χ0n) is 18.2. The van der Waals surface area contributed by atoms with E-state index in [0.717, 1.165) is 23.6 Å². The fourth-order valence-corrected chi connectivity index (χ4v) is 3.93. The number of anilines is 2. The number of carbonyl (C=O) groups excluding carboxylic acids is 2. The van der Waals surface area contributed by atoms with Crippen LogP contribution in [0.15, 0.2) is 18.2 Å². The third-order valence-corrected chi connectivity index (χ3v) is 5.89. The van der Waals surface area contributed by atoms with E-state index >= 15 is 0 Å². The monoisotopic (exact) mass is 425 g/mol. The molecule has 0 spiro atoms. The van der Waals surface area contributed by atoms with Crippen LogP contribution < -0.4 is 10.2 Å². The quantitative estimate of drug-likeness (QED) is 0.738. The van der Waals surface area contributed by atoms with Gasteiger partial charge in [0.05, 0.1) is 13.1 Å². The molecule has 0 saturated heterocycles. The number of aryl methyl sites for hydroxylation is 1. The first-order valence-corrected chi connectivity index (χ1v) is 10.7. The third-order valence-electron chi connectivity index (χ3n) is 5.89. The highest BCUT2D eigenvalue weighted by molar-refractivity contribution is 5.95. The van der Waals surface area contributed by atoms with Crippen LogP contribution in [0.3, 0.4) is 0 Å². The number of fused-ring (bicyclic) bond motifs is 1. The molecule has 2 amide bonds. The topological polar surface area (TPSA) is 78.4 Å². The molecule has 0 atom stereocenters. The van der Waals surface area contributed by atoms with E-state index in [1.54, 1.807) is 24.0 Å². The number of hydrogen-bond donors (Lipinski definition) is 1. The number of aromatic nitrogens is 2. The average Bonchev–Trinajstić information content (AvgIpc) is 3.52. The Morgan fingerprint density at radius 2 is 2.03 bits per heavy atom. The van der Waals surface area contributed by atoms with E-state index in [-0.39, 0.29) is 24.2 Å². The van der Waals surface area contributed by atoms with Gasteiger partial charge in [0, 0.05) is 35.5 Å². The molecular weight excluding hydrogens is 397 g/mol. The maximum absolute atomic E-state index is 13.7. The average molecular weight is 426 g/mol. The third kappa shape index (κ3) is 4.90. The normalized spacial score (nSPS) is 15.9. The van der Waals surface area contributed by atoms with Crippen LogP contribution in [0.5, 0.6) is 0 Å². The minimum absolute atomic E-state index is 0.111. The van der Waals surface area contributed by atoms with E-state index in [0.29, 0.717) is 42.4 Å². The van der Waals surface area contributed by atoms with Crippen molar-refractivity contribution in [2.75, 3.05) is 30.4 Å². The highest BCUT2D eigenvalue weighted by Crippen LogP contribution is 2.35. The molecule has 8 heteroatoms. The fraction of sp³-hybridized carbons (Fsp3) is 0.478. The van der Waals surface area contributed by atoms with E-state index in [2.05, 4.69) is 10.3 Å². The van der Waals surface area contributed by atoms with Crippen molar-refractivity contribution in [1.29, 1.82) is 0 Å². The van der Waals surface area contributed by atoms with Gasteiger partial charge in [-0.2, -0.15) is 0 Å². The Hall–Kier alpha value is -2.87. The van der Waals surface area contributed by atoms with Gasteiger partial charge in [0.2, 0.25) is 11.8 Å². The van der Waals surface area contributed by atoms with Crippen LogP contribution in [-0.2, 0) is 22.6 Å². The highest BCUT2D eigenvalue weighted by Gasteiger charge is 2.33. The van der Waals surface area contributed by atoms with Gasteiger partial charge in [-0.25, -0.2) is 14.4 Å². The Bertz CT molecular complexity index is 1020. The number of carbonyl (C=O) groups is 2. The number of halogens is 1. The molecule has 1 aromatic carbocycles. The Kier molecular flexibility index (Phi) is 6.00. The molecule has 2 aromatic rings. The molecule has 4 rings (SSSR count). The molecule has 1 fully saturated rings. The van der Waals surface area contributed by atoms with Crippen LogP contribution in [0.25, 0.3) is 0 Å². The van der Waals surface area contributed by atoms with Gasteiger partial charge in [-0.1, -0.05) is 6.07 Å². The minimum Gasteiger partial charge on any atom is -0.325 e. The summed E-state index contributed by atoms with van der Waals surface area (Å²) in [7, 11) is 1.81. The van der Waals surface area contributed by atoms with Crippen molar-refractivity contribution >= 4 is 23.3 Å². The fourth-order valence-electron chi connectivity index (χ4n) is 3.93. The van der Waals surface area contributed by atoms with E-state index in [1.165, 1.54) is 18.9 Å². The first-order valence-electron chi connectivity index (χ1n) is 10.7. The van der Waals surface area contributed by atoms with Gasteiger partial charge < -0.3 is 5.32 Å². The number of likely N-dealkylation sites (N-methyl/N-ethyl adjacent to an activating group) is 1. The van der Waals surface area contributed by atoms with Crippen molar-refractivity contribution in [3.05, 3.63) is 46.7 Å². The second-order valence-corrected chi connectivity index (χ2v) is 8.61. The summed E-state index contributed by atoms with van der Waals surface area (Å²) in [5.41, 5.74) is 2.81. The van der Waals surface area contributed by atoms with Crippen LogP contribution in [0, 0.1) is 25.6 Å². The zero-order chi connectivity index (χ0) is 22.1. The first kappa shape index (κ1) is 21.4. The molecule has 0 bridgehead atoms. The lowest BCUT2D eigenvalue weighted by Gasteiger charge is -2.29. The molecule has 1 aliphatic heterocycles. The summed E-state index contributed by atoms with van der Waals surface area (Å²) in [6.45, 7) is 4.80. The van der Waals surface area contributed by atoms with Gasteiger partial charge in [-0.3, -0.25) is 19.4 Å². The predicted octanol–water partition coefficient (Wildman–Crippen LogP) is 2.99. The van der Waals surface area contributed by atoms with Crippen molar-refractivity contribution in [2.24, 2.45) is 5.92 Å². The number of nitrogens with one attached hydrogen (secondary N) is 1. The Morgan fingerprint density at radius 1 is 1.26 bits per heavy atom. The smallest absolute Gasteiger partial charge is 0.238 e. The molecule has 31 heavy (non-hydrogen) atoms. The van der Waals surface area contributed by atoms with Crippen molar-refractivity contribution in [1.82, 2.24) is 14.9 Å². The van der Waals surface area contributed by atoms with Gasteiger partial charge in [0.25, 0.3) is 0 Å². The van der Waals surface area contributed by atoms with Gasteiger partial charge >= 0.3 is 0 Å². The summed E-state index contributed by atoms with van der Waals surface area (Å²) in [6.07, 6.45) is 3.51. The highest BCUT2D eigenvalue weighted by atomic mass is 19.1. The van der Waals surface area contributed by atoms with Gasteiger partial charge in [0.15, 0.2) is 0 Å². The summed E-state index contributed by atoms with van der Waals surface area (Å²) < 4.78 is 13.7. The number of benzene rings is 1. The lowest BCUT2D eigenvalue weighted by Crippen LogP contribution is -2.38. The number of nitrogens with zero attached hydrogens (tertiary/aromatic N) is 4. The molecule has 1 aliphatic carbocycles. The molecule has 2 aliphatic rings. The van der Waals surface area contributed by atoms with Crippen LogP contribution >= 0.6 is 0 Å². The summed E-state index contributed by atoms with van der Waals surface area (Å²) in [5.74, 6) is 1.43. The second-order valence-electron chi connectivity index (χ2n) is 8.61. The molecule has 7 nitrogen and oxygen atoms in total. The maximum atomic E-state index is 13.7. The zero-order valence-corrected chi connectivity index (χ0v) is 18.2. The Morgan fingerprint density at radius 3 is 2.77 bits per heavy atom. The molecule has 2 heterocycles. The maximum Gasteiger partial charge on any atom is 0.238 e. The molecule has 0 radical (unpaired) electrons. The van der Waals surface area contributed by atoms with E-state index in [4.69, 9.17) is 4.98 Å². The molecule has 1 aromatic heterocycles. The van der Waals surface area contributed by atoms with Crippen LogP contribution in [0.2, 0.25) is 0 Å². The number of hydrogen-bond acceptors (Lipinski definition) is 5. The number of rotatable bonds is 7. The Labute approximate surface area is 181 Å². The van der Waals surface area contributed by atoms with Crippen LogP contribution in [0.1, 0.15) is 41.9 Å². The van der Waals surface area contributed by atoms with Crippen molar-refractivity contribution in [2.45, 2.75) is 46.1 Å². The van der Waals surface area contributed by atoms with Crippen LogP contribution in [-0.4, -0.2) is 46.8 Å². The molecular formula is C23H28FN5O2. The van der Waals surface area contributed by atoms with E-state index < -0.39 is 0 Å². The standard InChI is InChI=1S/C23H28FN5O2/c1-14-18(24)5-4-6-19(14)26-21(30)13-28(3)12-20-25-15(2)17-9-10-22(31)29(23(17)27-20)11-16-7-8-16/h4-6,16H,7-13H2,1-3H3,(H,26,30). The lowest BCUT2D eigenvalue weighted by atomic mass is 10.0. The molecule has 1 N–H and O–H groups in total. The van der Waals surface area contributed by atoms with E-state index in [1.807, 2.05) is 18.9 Å². The number of amides is 2. The molecule has 164 valence electrons. The van der Waals surface area contributed by atoms with Gasteiger partial charge in [0.1, 0.15) is 17.5 Å². The van der Waals surface area contributed by atoms with E-state index in [9.17, 15) is 14.0 Å². The van der Waals surface area contributed by atoms with Crippen molar-refractivity contribution in [3.8, 4) is 0 Å². The van der Waals surface area contributed by atoms with Gasteiger partial charge in [-0.05, 0) is 58.2 Å². The SMILES string of the molecule is Cc1nc(CN(C)CC(=O)Nc2cccc(F)c2C)nc2c1CCC(=O)N2CC1CC1. The van der Waals surface area contributed by atoms with Gasteiger partial charge in [-0.15, -0.1) is 0 Å². The summed E-state index contributed by atoms with van der Waals surface area (Å²) in [4.78, 5) is 37.9.